The number of hydrogen-bond donors (Lipinski definition) is 1. The summed E-state index contributed by atoms with van der Waals surface area (Å²) in [6.45, 7) is 3.95. The molecule has 0 saturated heterocycles. The third kappa shape index (κ3) is 3.95. The fourth-order valence-corrected chi connectivity index (χ4v) is 4.68. The van der Waals surface area contributed by atoms with E-state index in [1.54, 1.807) is 0 Å². The number of benzene rings is 1. The lowest BCUT2D eigenvalue weighted by molar-refractivity contribution is 0.0906. The number of hydrogen-bond acceptors (Lipinski definition) is 3. The minimum atomic E-state index is -0.473. The van der Waals surface area contributed by atoms with E-state index in [1.807, 2.05) is 13.8 Å². The maximum atomic E-state index is 13.4. The highest BCUT2D eigenvalue weighted by Crippen LogP contribution is 2.36. The van der Waals surface area contributed by atoms with Gasteiger partial charge in [-0.05, 0) is 54.5 Å². The summed E-state index contributed by atoms with van der Waals surface area (Å²) in [5.41, 5.74) is 0.620. The Labute approximate surface area is 175 Å². The molecule has 6 heteroatoms. The van der Waals surface area contributed by atoms with Crippen molar-refractivity contribution in [3.63, 3.8) is 0 Å². The first-order valence-electron chi connectivity index (χ1n) is 10.6. The fraction of sp³-hybridized carbons (Fsp3) is 0.458. The molecule has 2 aliphatic rings. The van der Waals surface area contributed by atoms with E-state index < -0.39 is 17.3 Å². The molecule has 0 unspecified atom stereocenters. The normalized spacial score (nSPS) is 18.7. The van der Waals surface area contributed by atoms with Crippen LogP contribution in [0.15, 0.2) is 35.3 Å². The molecule has 4 rings (SSSR count). The van der Waals surface area contributed by atoms with Gasteiger partial charge in [-0.25, -0.2) is 4.39 Å². The molecule has 0 aliphatic heterocycles. The van der Waals surface area contributed by atoms with Gasteiger partial charge in [-0.15, -0.1) is 0 Å². The average Bonchev–Trinajstić information content (AvgIpc) is 2.68. The molecule has 0 atom stereocenters. The molecule has 1 N–H and O–H groups in total. The Kier molecular flexibility index (Phi) is 5.35. The Balaban J connectivity index is 1.85. The van der Waals surface area contributed by atoms with Gasteiger partial charge in [-0.1, -0.05) is 33.1 Å². The van der Waals surface area contributed by atoms with E-state index in [9.17, 15) is 18.8 Å². The molecule has 1 heterocycles. The van der Waals surface area contributed by atoms with Crippen LogP contribution in [0.3, 0.4) is 0 Å². The zero-order valence-electron chi connectivity index (χ0n) is 17.5. The Bertz CT molecular complexity index is 1050. The van der Waals surface area contributed by atoms with Crippen LogP contribution in [0, 0.1) is 11.2 Å². The van der Waals surface area contributed by atoms with Gasteiger partial charge in [0, 0.05) is 29.9 Å². The molecule has 0 radical (unpaired) electrons. The smallest absolute Gasteiger partial charge is 0.268 e. The van der Waals surface area contributed by atoms with Crippen LogP contribution in [0.5, 0.6) is 0 Å². The molecule has 1 aromatic heterocycles. The minimum absolute atomic E-state index is 0.0449. The van der Waals surface area contributed by atoms with Crippen molar-refractivity contribution in [3.05, 3.63) is 63.3 Å². The largest absolute Gasteiger partial charge is 0.349 e. The first kappa shape index (κ1) is 20.5. The van der Waals surface area contributed by atoms with Crippen LogP contribution < -0.4 is 10.9 Å². The summed E-state index contributed by atoms with van der Waals surface area (Å²) in [6.07, 6.45) is 7.43. The van der Waals surface area contributed by atoms with Crippen molar-refractivity contribution in [2.75, 3.05) is 0 Å². The van der Waals surface area contributed by atoms with Gasteiger partial charge in [0.05, 0.1) is 0 Å². The third-order valence-electron chi connectivity index (χ3n) is 6.18. The Morgan fingerprint density at radius 1 is 1.07 bits per heavy atom. The summed E-state index contributed by atoms with van der Waals surface area (Å²) >= 11 is 0. The van der Waals surface area contributed by atoms with Crippen LogP contribution in [0.4, 0.5) is 4.39 Å². The molecule has 1 amide bonds. The highest BCUT2D eigenvalue weighted by atomic mass is 19.1. The quantitative estimate of drug-likeness (QED) is 0.825. The first-order valence-corrected chi connectivity index (χ1v) is 10.6. The summed E-state index contributed by atoms with van der Waals surface area (Å²) in [7, 11) is 0. The van der Waals surface area contributed by atoms with E-state index in [0.29, 0.717) is 29.7 Å². The molecule has 2 aliphatic carbocycles. The van der Waals surface area contributed by atoms with Crippen LogP contribution in [-0.2, 0) is 6.42 Å². The van der Waals surface area contributed by atoms with Gasteiger partial charge in [-0.3, -0.25) is 19.0 Å². The lowest BCUT2D eigenvalue weighted by Gasteiger charge is -2.32. The van der Waals surface area contributed by atoms with E-state index in [-0.39, 0.29) is 22.8 Å². The number of fused-ring (bicyclic) bond motifs is 1. The molecule has 0 spiro atoms. The number of aromatic nitrogens is 1. The maximum Gasteiger partial charge on any atom is 0.268 e. The highest BCUT2D eigenvalue weighted by Gasteiger charge is 2.36. The van der Waals surface area contributed by atoms with E-state index in [0.717, 1.165) is 32.1 Å². The monoisotopic (exact) mass is 410 g/mol. The lowest BCUT2D eigenvalue weighted by Crippen LogP contribution is -2.42. The molecule has 2 aromatic rings. The molecule has 1 aromatic carbocycles. The van der Waals surface area contributed by atoms with Crippen molar-refractivity contribution in [1.29, 1.82) is 0 Å². The average molecular weight is 410 g/mol. The predicted octanol–water partition coefficient (Wildman–Crippen LogP) is 4.19. The molecule has 1 fully saturated rings. The fourth-order valence-electron chi connectivity index (χ4n) is 4.68. The van der Waals surface area contributed by atoms with Gasteiger partial charge in [0.2, 0.25) is 0 Å². The van der Waals surface area contributed by atoms with Crippen molar-refractivity contribution >= 4 is 11.7 Å². The van der Waals surface area contributed by atoms with E-state index in [1.165, 1.54) is 35.0 Å². The summed E-state index contributed by atoms with van der Waals surface area (Å²) in [6, 6.07) is 5.52. The van der Waals surface area contributed by atoms with Gasteiger partial charge in [0.1, 0.15) is 11.4 Å². The van der Waals surface area contributed by atoms with Gasteiger partial charge < -0.3 is 5.32 Å². The molecule has 0 bridgehead atoms. The van der Waals surface area contributed by atoms with Crippen molar-refractivity contribution < 1.29 is 14.0 Å². The number of nitrogens with zero attached hydrogens (tertiary/aromatic N) is 1. The summed E-state index contributed by atoms with van der Waals surface area (Å²) in [4.78, 5) is 39.6. The number of Topliss-reactive ketones (excluding diaryl/α,β-unsaturated/α-hetero) is 1. The number of ketones is 1. The van der Waals surface area contributed by atoms with Crippen molar-refractivity contribution in [3.8, 4) is 5.69 Å². The van der Waals surface area contributed by atoms with Gasteiger partial charge in [0.15, 0.2) is 5.78 Å². The van der Waals surface area contributed by atoms with E-state index in [2.05, 4.69) is 5.32 Å². The molecule has 30 heavy (non-hydrogen) atoms. The molecule has 5 nitrogen and oxygen atoms in total. The Morgan fingerprint density at radius 3 is 2.40 bits per heavy atom. The van der Waals surface area contributed by atoms with Crippen LogP contribution in [-0.4, -0.2) is 22.3 Å². The highest BCUT2D eigenvalue weighted by molar-refractivity contribution is 6.04. The van der Waals surface area contributed by atoms with E-state index in [4.69, 9.17) is 0 Å². The lowest BCUT2D eigenvalue weighted by atomic mass is 9.73. The van der Waals surface area contributed by atoms with Gasteiger partial charge in [-0.2, -0.15) is 0 Å². The number of pyridine rings is 1. The standard InChI is InChI=1S/C24H27FN2O3/c1-24(2)12-18-19(20(28)13-24)14-27(17-10-8-15(25)9-11-17)23(30)21(18)22(29)26-16-6-4-3-5-7-16/h8-11,14,16H,3-7,12-13H2,1-2H3,(H,26,29). The summed E-state index contributed by atoms with van der Waals surface area (Å²) in [5, 5.41) is 3.03. The molecular formula is C24H27FN2O3. The zero-order chi connectivity index (χ0) is 21.5. The van der Waals surface area contributed by atoms with Crippen molar-refractivity contribution in [2.24, 2.45) is 5.41 Å². The van der Waals surface area contributed by atoms with Gasteiger partial charge in [0.25, 0.3) is 11.5 Å². The Hall–Kier alpha value is -2.76. The second kappa shape index (κ2) is 7.82. The van der Waals surface area contributed by atoms with Crippen LogP contribution in [0.1, 0.15) is 78.7 Å². The number of halogens is 1. The van der Waals surface area contributed by atoms with Crippen molar-refractivity contribution in [2.45, 2.75) is 64.8 Å². The molecule has 1 saturated carbocycles. The van der Waals surface area contributed by atoms with Crippen LogP contribution in [0.25, 0.3) is 5.69 Å². The number of carbonyl (C=O) groups is 2. The second-order valence-electron chi connectivity index (χ2n) is 9.30. The molecule has 158 valence electrons. The number of rotatable bonds is 3. The van der Waals surface area contributed by atoms with Gasteiger partial charge >= 0.3 is 0 Å². The predicted molar refractivity (Wildman–Crippen MR) is 113 cm³/mol. The van der Waals surface area contributed by atoms with Crippen molar-refractivity contribution in [1.82, 2.24) is 9.88 Å². The second-order valence-corrected chi connectivity index (χ2v) is 9.30. The SMILES string of the molecule is CC1(C)CC(=O)c2cn(-c3ccc(F)cc3)c(=O)c(C(=O)NC3CCCCC3)c2C1. The number of carbonyl (C=O) groups excluding carboxylic acids is 2. The number of amides is 1. The Morgan fingerprint density at radius 2 is 1.73 bits per heavy atom. The minimum Gasteiger partial charge on any atom is -0.349 e. The topological polar surface area (TPSA) is 68.2 Å². The first-order chi connectivity index (χ1) is 14.2. The maximum absolute atomic E-state index is 13.4. The summed E-state index contributed by atoms with van der Waals surface area (Å²) in [5.74, 6) is -0.910. The zero-order valence-corrected chi connectivity index (χ0v) is 17.5. The van der Waals surface area contributed by atoms with Crippen LogP contribution in [0.2, 0.25) is 0 Å². The van der Waals surface area contributed by atoms with E-state index >= 15 is 0 Å². The number of nitrogens with one attached hydrogen (secondary N) is 1. The molecular weight excluding hydrogens is 383 g/mol. The van der Waals surface area contributed by atoms with Crippen LogP contribution >= 0.6 is 0 Å². The summed E-state index contributed by atoms with van der Waals surface area (Å²) < 4.78 is 14.7. The third-order valence-corrected chi connectivity index (χ3v) is 6.18.